The number of nitriles is 1. The number of nitrogen functional groups attached to an aromatic ring is 1. The highest BCUT2D eigenvalue weighted by Crippen LogP contribution is 2.31. The number of piperidine rings is 2. The standard InChI is InChI=1S/C15H21N5/c1-19-7-2-3-11-10-20(8-6-14(11)19)15-5-4-12(17)13(9-16)18-15/h4-5,11,14H,2-3,6-8,10,17H2,1H3. The maximum atomic E-state index is 9.05. The lowest BCUT2D eigenvalue weighted by Crippen LogP contribution is -2.52. The molecule has 20 heavy (non-hydrogen) atoms. The van der Waals surface area contributed by atoms with E-state index in [1.54, 1.807) is 6.07 Å². The molecule has 1 aromatic heterocycles. The molecule has 0 saturated carbocycles. The maximum Gasteiger partial charge on any atom is 0.165 e. The van der Waals surface area contributed by atoms with Gasteiger partial charge in [0, 0.05) is 19.1 Å². The van der Waals surface area contributed by atoms with E-state index in [1.807, 2.05) is 6.07 Å². The van der Waals surface area contributed by atoms with Crippen molar-refractivity contribution in [1.29, 1.82) is 5.26 Å². The van der Waals surface area contributed by atoms with Crippen LogP contribution in [0.2, 0.25) is 0 Å². The van der Waals surface area contributed by atoms with Crippen molar-refractivity contribution in [2.45, 2.75) is 25.3 Å². The van der Waals surface area contributed by atoms with Crippen molar-refractivity contribution in [2.75, 3.05) is 37.3 Å². The predicted molar refractivity (Wildman–Crippen MR) is 79.3 cm³/mol. The molecule has 2 aliphatic rings. The molecule has 2 saturated heterocycles. The third-order valence-corrected chi connectivity index (χ3v) is 4.69. The first-order valence-electron chi connectivity index (χ1n) is 7.31. The monoisotopic (exact) mass is 271 g/mol. The molecular weight excluding hydrogens is 250 g/mol. The van der Waals surface area contributed by atoms with E-state index in [0.717, 1.165) is 18.9 Å². The van der Waals surface area contributed by atoms with Crippen LogP contribution in [0, 0.1) is 17.2 Å². The Kier molecular flexibility index (Phi) is 3.49. The zero-order valence-corrected chi connectivity index (χ0v) is 11.9. The number of likely N-dealkylation sites (tertiary alicyclic amines) is 1. The van der Waals surface area contributed by atoms with E-state index in [0.29, 0.717) is 23.3 Å². The Bertz CT molecular complexity index is 536. The first-order valence-corrected chi connectivity index (χ1v) is 7.31. The first kappa shape index (κ1) is 13.2. The summed E-state index contributed by atoms with van der Waals surface area (Å²) in [6.45, 7) is 3.27. The van der Waals surface area contributed by atoms with Crippen LogP contribution in [-0.2, 0) is 0 Å². The molecule has 5 nitrogen and oxygen atoms in total. The van der Waals surface area contributed by atoms with Gasteiger partial charge >= 0.3 is 0 Å². The van der Waals surface area contributed by atoms with Gasteiger partial charge in [0.2, 0.25) is 0 Å². The number of aromatic nitrogens is 1. The molecule has 0 spiro atoms. The summed E-state index contributed by atoms with van der Waals surface area (Å²) in [5.41, 5.74) is 6.54. The second kappa shape index (κ2) is 5.29. The summed E-state index contributed by atoms with van der Waals surface area (Å²) in [6.07, 6.45) is 3.75. The molecule has 0 aliphatic carbocycles. The summed E-state index contributed by atoms with van der Waals surface area (Å²) in [7, 11) is 2.24. The van der Waals surface area contributed by atoms with Crippen LogP contribution in [0.5, 0.6) is 0 Å². The van der Waals surface area contributed by atoms with Crippen LogP contribution in [0.15, 0.2) is 12.1 Å². The number of hydrogen-bond donors (Lipinski definition) is 1. The molecule has 0 bridgehead atoms. The molecule has 0 amide bonds. The number of nitrogens with two attached hydrogens (primary N) is 1. The minimum atomic E-state index is 0.338. The number of pyridine rings is 1. The molecule has 3 heterocycles. The average molecular weight is 271 g/mol. The van der Waals surface area contributed by atoms with Crippen LogP contribution >= 0.6 is 0 Å². The zero-order chi connectivity index (χ0) is 14.1. The molecule has 2 atom stereocenters. The summed E-state index contributed by atoms with van der Waals surface area (Å²) in [5.74, 6) is 1.61. The summed E-state index contributed by atoms with van der Waals surface area (Å²) in [6, 6.07) is 6.50. The van der Waals surface area contributed by atoms with Gasteiger partial charge in [-0.3, -0.25) is 0 Å². The van der Waals surface area contributed by atoms with Gasteiger partial charge in [0.25, 0.3) is 0 Å². The molecule has 1 aromatic rings. The van der Waals surface area contributed by atoms with Gasteiger partial charge in [-0.05, 0) is 50.9 Å². The molecule has 2 unspecified atom stereocenters. The van der Waals surface area contributed by atoms with E-state index in [2.05, 4.69) is 27.9 Å². The summed E-state index contributed by atoms with van der Waals surface area (Å²) in [4.78, 5) is 9.21. The van der Waals surface area contributed by atoms with Crippen LogP contribution in [0.4, 0.5) is 11.5 Å². The van der Waals surface area contributed by atoms with Crippen LogP contribution in [-0.4, -0.2) is 42.6 Å². The van der Waals surface area contributed by atoms with Gasteiger partial charge in [-0.2, -0.15) is 5.26 Å². The van der Waals surface area contributed by atoms with Gasteiger partial charge < -0.3 is 15.5 Å². The first-order chi connectivity index (χ1) is 9.69. The van der Waals surface area contributed by atoms with E-state index >= 15 is 0 Å². The normalized spacial score (nSPS) is 26.9. The molecule has 2 N–H and O–H groups in total. The van der Waals surface area contributed by atoms with Crippen LogP contribution in [0.1, 0.15) is 25.0 Å². The Morgan fingerprint density at radius 1 is 1.35 bits per heavy atom. The summed E-state index contributed by atoms with van der Waals surface area (Å²) < 4.78 is 0. The molecule has 0 radical (unpaired) electrons. The molecule has 0 aromatic carbocycles. The molecule has 5 heteroatoms. The fraction of sp³-hybridized carbons (Fsp3) is 0.600. The highest BCUT2D eigenvalue weighted by atomic mass is 15.2. The van der Waals surface area contributed by atoms with Gasteiger partial charge in [-0.25, -0.2) is 4.98 Å². The minimum absolute atomic E-state index is 0.338. The number of rotatable bonds is 1. The fourth-order valence-electron chi connectivity index (χ4n) is 3.59. The molecular formula is C15H21N5. The molecule has 106 valence electrons. The molecule has 2 fully saturated rings. The highest BCUT2D eigenvalue weighted by molar-refractivity contribution is 5.55. The van der Waals surface area contributed by atoms with Crippen molar-refractivity contribution in [2.24, 2.45) is 5.92 Å². The van der Waals surface area contributed by atoms with E-state index < -0.39 is 0 Å². The second-order valence-corrected chi connectivity index (χ2v) is 5.90. The Hall–Kier alpha value is -1.80. The van der Waals surface area contributed by atoms with Crippen molar-refractivity contribution in [3.63, 3.8) is 0 Å². The summed E-state index contributed by atoms with van der Waals surface area (Å²) >= 11 is 0. The van der Waals surface area contributed by atoms with Crippen molar-refractivity contribution in [3.05, 3.63) is 17.8 Å². The topological polar surface area (TPSA) is 69.2 Å². The van der Waals surface area contributed by atoms with E-state index in [-0.39, 0.29) is 0 Å². The number of nitrogens with zero attached hydrogens (tertiary/aromatic N) is 4. The van der Waals surface area contributed by atoms with Crippen molar-refractivity contribution < 1.29 is 0 Å². The van der Waals surface area contributed by atoms with Gasteiger partial charge in [0.05, 0.1) is 5.69 Å². The number of anilines is 2. The van der Waals surface area contributed by atoms with Crippen LogP contribution in [0.3, 0.4) is 0 Å². The van der Waals surface area contributed by atoms with Gasteiger partial charge in [-0.15, -0.1) is 0 Å². The fourth-order valence-corrected chi connectivity index (χ4v) is 3.59. The van der Waals surface area contributed by atoms with Crippen molar-refractivity contribution in [3.8, 4) is 6.07 Å². The lowest BCUT2D eigenvalue weighted by molar-refractivity contribution is 0.102. The largest absolute Gasteiger partial charge is 0.396 e. The molecule has 2 aliphatic heterocycles. The lowest BCUT2D eigenvalue weighted by atomic mass is 9.84. The predicted octanol–water partition coefficient (Wildman–Crippen LogP) is 1.46. The maximum absolute atomic E-state index is 9.05. The summed E-state index contributed by atoms with van der Waals surface area (Å²) in [5, 5.41) is 9.05. The SMILES string of the molecule is CN1CCCC2CN(c3ccc(N)c(C#N)n3)CCC21. The van der Waals surface area contributed by atoms with Crippen LogP contribution in [0.25, 0.3) is 0 Å². The Morgan fingerprint density at radius 2 is 2.20 bits per heavy atom. The van der Waals surface area contributed by atoms with Crippen molar-refractivity contribution >= 4 is 11.5 Å². The van der Waals surface area contributed by atoms with Gasteiger partial charge in [0.1, 0.15) is 11.9 Å². The quantitative estimate of drug-likeness (QED) is 0.837. The Labute approximate surface area is 120 Å². The third-order valence-electron chi connectivity index (χ3n) is 4.69. The smallest absolute Gasteiger partial charge is 0.165 e. The lowest BCUT2D eigenvalue weighted by Gasteiger charge is -2.46. The second-order valence-electron chi connectivity index (χ2n) is 5.90. The Morgan fingerprint density at radius 3 is 3.00 bits per heavy atom. The minimum Gasteiger partial charge on any atom is -0.396 e. The van der Waals surface area contributed by atoms with E-state index in [4.69, 9.17) is 11.0 Å². The van der Waals surface area contributed by atoms with E-state index in [1.165, 1.54) is 25.8 Å². The number of fused-ring (bicyclic) bond motifs is 1. The third kappa shape index (κ3) is 2.32. The average Bonchev–Trinajstić information content (AvgIpc) is 2.47. The number of hydrogen-bond acceptors (Lipinski definition) is 5. The van der Waals surface area contributed by atoms with E-state index in [9.17, 15) is 0 Å². The Balaban J connectivity index is 1.78. The van der Waals surface area contributed by atoms with Crippen molar-refractivity contribution in [1.82, 2.24) is 9.88 Å². The van der Waals surface area contributed by atoms with Gasteiger partial charge in [0.15, 0.2) is 5.69 Å². The van der Waals surface area contributed by atoms with Gasteiger partial charge in [-0.1, -0.05) is 0 Å². The van der Waals surface area contributed by atoms with Crippen LogP contribution < -0.4 is 10.6 Å². The highest BCUT2D eigenvalue weighted by Gasteiger charge is 2.34. The zero-order valence-electron chi connectivity index (χ0n) is 11.9. The molecule has 3 rings (SSSR count).